The van der Waals surface area contributed by atoms with Gasteiger partial charge in [-0.05, 0) is 19.1 Å². The average molecular weight is 348 g/mol. The number of halogens is 2. The maximum atomic E-state index is 11.5. The summed E-state index contributed by atoms with van der Waals surface area (Å²) in [5, 5.41) is 9.80. The molecule has 1 amide bonds. The second kappa shape index (κ2) is 6.13. The van der Waals surface area contributed by atoms with Crippen molar-refractivity contribution in [2.24, 2.45) is 5.73 Å². The Morgan fingerprint density at radius 3 is 2.62 bits per heavy atom. The van der Waals surface area contributed by atoms with Crippen LogP contribution in [0, 0.1) is 0 Å². The molecule has 0 spiro atoms. The number of carbonyl (C=O) groups excluding carboxylic acids is 1. The number of rotatable bonds is 5. The Morgan fingerprint density at radius 2 is 2.05 bits per heavy atom. The average Bonchev–Trinajstić information content (AvgIpc) is 2.73. The number of aromatic nitrogens is 2. The van der Waals surface area contributed by atoms with Gasteiger partial charge in [-0.15, -0.1) is 0 Å². The van der Waals surface area contributed by atoms with Crippen LogP contribution < -0.4 is 5.73 Å². The number of imidazole rings is 1. The van der Waals surface area contributed by atoms with E-state index in [1.165, 1.54) is 0 Å². The molecule has 112 valence electrons. The third-order valence-electron chi connectivity index (χ3n) is 2.82. The highest BCUT2D eigenvalue weighted by Crippen LogP contribution is 2.33. The van der Waals surface area contributed by atoms with Crippen molar-refractivity contribution in [2.75, 3.05) is 5.75 Å². The van der Waals surface area contributed by atoms with Gasteiger partial charge in [0, 0.05) is 0 Å². The van der Waals surface area contributed by atoms with E-state index in [0.717, 1.165) is 11.8 Å². The molecule has 0 radical (unpaired) electrons. The number of amides is 1. The van der Waals surface area contributed by atoms with Crippen molar-refractivity contribution in [3.63, 3.8) is 0 Å². The first kappa shape index (κ1) is 15.9. The van der Waals surface area contributed by atoms with E-state index in [4.69, 9.17) is 34.0 Å². The van der Waals surface area contributed by atoms with Gasteiger partial charge in [0.1, 0.15) is 6.04 Å². The van der Waals surface area contributed by atoms with Crippen LogP contribution in [0.1, 0.15) is 13.0 Å². The number of thioether (sulfide) groups is 1. The largest absolute Gasteiger partial charge is 0.481 e. The normalized spacial score (nSPS) is 12.5. The van der Waals surface area contributed by atoms with E-state index in [9.17, 15) is 9.59 Å². The first-order valence-corrected chi connectivity index (χ1v) is 7.56. The number of nitrogens with zero attached hydrogens (tertiary/aromatic N) is 2. The number of aliphatic carboxylic acids is 1. The van der Waals surface area contributed by atoms with E-state index in [-0.39, 0.29) is 5.75 Å². The molecular weight excluding hydrogens is 337 g/mol. The molecule has 2 aromatic rings. The summed E-state index contributed by atoms with van der Waals surface area (Å²) in [6.07, 6.45) is 0. The van der Waals surface area contributed by atoms with Gasteiger partial charge < -0.3 is 15.4 Å². The quantitative estimate of drug-likeness (QED) is 0.809. The van der Waals surface area contributed by atoms with Crippen molar-refractivity contribution < 1.29 is 14.7 Å². The Kier molecular flexibility index (Phi) is 4.65. The summed E-state index contributed by atoms with van der Waals surface area (Å²) in [6.45, 7) is 1.61. The fraction of sp³-hybridized carbons (Fsp3) is 0.250. The molecule has 3 N–H and O–H groups in total. The zero-order chi connectivity index (χ0) is 15.7. The molecular formula is C12H11Cl2N3O3S. The highest BCUT2D eigenvalue weighted by Gasteiger charge is 2.21. The molecule has 1 unspecified atom stereocenters. The van der Waals surface area contributed by atoms with E-state index in [2.05, 4.69) is 4.98 Å². The van der Waals surface area contributed by atoms with Gasteiger partial charge in [0.2, 0.25) is 5.91 Å². The molecule has 0 aliphatic heterocycles. The van der Waals surface area contributed by atoms with E-state index < -0.39 is 17.9 Å². The first-order chi connectivity index (χ1) is 9.81. The van der Waals surface area contributed by atoms with Crippen LogP contribution in [-0.4, -0.2) is 32.3 Å². The molecule has 0 bridgehead atoms. The fourth-order valence-corrected chi connectivity index (χ4v) is 2.92. The van der Waals surface area contributed by atoms with Gasteiger partial charge in [0.15, 0.2) is 5.16 Å². The van der Waals surface area contributed by atoms with Crippen molar-refractivity contribution >= 4 is 57.9 Å². The molecule has 9 heteroatoms. The predicted molar refractivity (Wildman–Crippen MR) is 82.0 cm³/mol. The molecule has 0 saturated carbocycles. The molecule has 21 heavy (non-hydrogen) atoms. The summed E-state index contributed by atoms with van der Waals surface area (Å²) < 4.78 is 1.56. The fourth-order valence-electron chi connectivity index (χ4n) is 1.80. The Labute approximate surface area is 134 Å². The number of fused-ring (bicyclic) bond motifs is 1. The van der Waals surface area contributed by atoms with E-state index >= 15 is 0 Å². The van der Waals surface area contributed by atoms with Gasteiger partial charge in [-0.25, -0.2) is 4.98 Å². The monoisotopic (exact) mass is 347 g/mol. The Balaban J connectivity index is 2.62. The number of hydrogen-bond acceptors (Lipinski definition) is 4. The zero-order valence-electron chi connectivity index (χ0n) is 10.8. The van der Waals surface area contributed by atoms with Crippen LogP contribution in [0.5, 0.6) is 0 Å². The van der Waals surface area contributed by atoms with Gasteiger partial charge in [0.05, 0.1) is 26.8 Å². The number of nitrogens with two attached hydrogens (primary N) is 1. The Hall–Kier alpha value is -1.44. The predicted octanol–water partition coefficient (Wildman–Crippen LogP) is 2.57. The van der Waals surface area contributed by atoms with Gasteiger partial charge >= 0.3 is 5.97 Å². The SMILES string of the molecule is CC(C(N)=O)n1c(SCC(=O)O)nc2cc(Cl)c(Cl)cc21. The summed E-state index contributed by atoms with van der Waals surface area (Å²) in [5.74, 6) is -1.73. The van der Waals surface area contributed by atoms with Crippen LogP contribution in [0.2, 0.25) is 10.0 Å². The second-order valence-electron chi connectivity index (χ2n) is 4.28. The van der Waals surface area contributed by atoms with Crippen LogP contribution in [0.3, 0.4) is 0 Å². The molecule has 1 atom stereocenters. The summed E-state index contributed by atoms with van der Waals surface area (Å²) in [6, 6.07) is 2.45. The maximum Gasteiger partial charge on any atom is 0.313 e. The number of benzene rings is 1. The third-order valence-corrected chi connectivity index (χ3v) is 4.48. The number of carboxylic acids is 1. The van der Waals surface area contributed by atoms with Crippen LogP contribution in [-0.2, 0) is 9.59 Å². The lowest BCUT2D eigenvalue weighted by atomic mass is 10.2. The number of hydrogen-bond donors (Lipinski definition) is 2. The summed E-state index contributed by atoms with van der Waals surface area (Å²) in [4.78, 5) is 26.5. The smallest absolute Gasteiger partial charge is 0.313 e. The topological polar surface area (TPSA) is 98.2 Å². The van der Waals surface area contributed by atoms with Gasteiger partial charge in [0.25, 0.3) is 0 Å². The molecule has 0 fully saturated rings. The van der Waals surface area contributed by atoms with E-state index in [0.29, 0.717) is 26.2 Å². The van der Waals surface area contributed by atoms with Crippen LogP contribution in [0.15, 0.2) is 17.3 Å². The molecule has 1 aromatic heterocycles. The molecule has 1 aromatic carbocycles. The molecule has 0 aliphatic carbocycles. The molecule has 0 saturated heterocycles. The van der Waals surface area contributed by atoms with Crippen molar-refractivity contribution in [1.29, 1.82) is 0 Å². The second-order valence-corrected chi connectivity index (χ2v) is 6.04. The summed E-state index contributed by atoms with van der Waals surface area (Å²) in [7, 11) is 0. The minimum atomic E-state index is -0.985. The van der Waals surface area contributed by atoms with E-state index in [1.54, 1.807) is 23.6 Å². The Bertz CT molecular complexity index is 732. The van der Waals surface area contributed by atoms with Gasteiger partial charge in [-0.2, -0.15) is 0 Å². The lowest BCUT2D eigenvalue weighted by Crippen LogP contribution is -2.24. The highest BCUT2D eigenvalue weighted by molar-refractivity contribution is 7.99. The number of carboxylic acid groups (broad SMARTS) is 1. The van der Waals surface area contributed by atoms with Crippen molar-refractivity contribution in [2.45, 2.75) is 18.1 Å². The van der Waals surface area contributed by atoms with Crippen molar-refractivity contribution in [3.8, 4) is 0 Å². The lowest BCUT2D eigenvalue weighted by molar-refractivity contribution is -0.133. The minimum absolute atomic E-state index is 0.184. The Morgan fingerprint density at radius 1 is 1.43 bits per heavy atom. The maximum absolute atomic E-state index is 11.5. The van der Waals surface area contributed by atoms with Gasteiger partial charge in [-0.1, -0.05) is 35.0 Å². The van der Waals surface area contributed by atoms with Crippen molar-refractivity contribution in [1.82, 2.24) is 9.55 Å². The van der Waals surface area contributed by atoms with Crippen molar-refractivity contribution in [3.05, 3.63) is 22.2 Å². The third kappa shape index (κ3) is 3.25. The van der Waals surface area contributed by atoms with Crippen LogP contribution >= 0.6 is 35.0 Å². The molecule has 0 aliphatic rings. The number of carbonyl (C=O) groups is 2. The standard InChI is InChI=1S/C12H11Cl2N3O3S/c1-5(11(15)20)17-9-3-7(14)6(13)2-8(9)16-12(17)21-4-10(18)19/h2-3,5H,4H2,1H3,(H2,15,20)(H,18,19). The highest BCUT2D eigenvalue weighted by atomic mass is 35.5. The van der Waals surface area contributed by atoms with Crippen LogP contribution in [0.25, 0.3) is 11.0 Å². The van der Waals surface area contributed by atoms with E-state index in [1.807, 2.05) is 0 Å². The number of primary amides is 1. The molecule has 1 heterocycles. The lowest BCUT2D eigenvalue weighted by Gasteiger charge is -2.13. The zero-order valence-corrected chi connectivity index (χ0v) is 13.2. The summed E-state index contributed by atoms with van der Waals surface area (Å²) >= 11 is 12.9. The molecule has 2 rings (SSSR count). The molecule has 6 nitrogen and oxygen atoms in total. The minimum Gasteiger partial charge on any atom is -0.481 e. The van der Waals surface area contributed by atoms with Gasteiger partial charge in [-0.3, -0.25) is 9.59 Å². The summed E-state index contributed by atoms with van der Waals surface area (Å²) in [5.41, 5.74) is 6.43. The first-order valence-electron chi connectivity index (χ1n) is 5.82. The van der Waals surface area contributed by atoms with Crippen LogP contribution in [0.4, 0.5) is 0 Å².